The number of carbonyl (C=O) groups excluding carboxylic acids is 2. The number of benzene rings is 1. The fourth-order valence-corrected chi connectivity index (χ4v) is 5.83. The van der Waals surface area contributed by atoms with Gasteiger partial charge in [-0.25, -0.2) is 0 Å². The fraction of sp³-hybridized carbons (Fsp3) is 0.615. The highest BCUT2D eigenvalue weighted by molar-refractivity contribution is 14.1. The first-order valence-electron chi connectivity index (χ1n) is 12.5. The first-order chi connectivity index (χ1) is 17.3. The molecule has 0 saturated heterocycles. The van der Waals surface area contributed by atoms with E-state index in [1.165, 1.54) is 20.5 Å². The molecule has 0 radical (unpaired) electrons. The lowest BCUT2D eigenvalue weighted by Gasteiger charge is -2.42. The fourth-order valence-electron chi connectivity index (χ4n) is 5.04. The number of carbonyl (C=O) groups is 2. The average molecular weight is 616 g/mol. The third-order valence-electron chi connectivity index (χ3n) is 6.92. The van der Waals surface area contributed by atoms with E-state index in [0.29, 0.717) is 38.7 Å². The van der Waals surface area contributed by atoms with Crippen LogP contribution >= 0.6 is 22.6 Å². The molecular weight excluding hydrogens is 579 g/mol. The van der Waals surface area contributed by atoms with Crippen molar-refractivity contribution < 1.29 is 34.4 Å². The van der Waals surface area contributed by atoms with E-state index in [4.69, 9.17) is 14.6 Å². The summed E-state index contributed by atoms with van der Waals surface area (Å²) >= 11 is 2.07. The van der Waals surface area contributed by atoms with E-state index in [0.717, 1.165) is 25.7 Å². The van der Waals surface area contributed by atoms with Crippen LogP contribution in [0.25, 0.3) is 0 Å². The molecule has 2 aliphatic rings. The zero-order valence-electron chi connectivity index (χ0n) is 20.9. The average Bonchev–Trinajstić information content (AvgIpc) is 2.88. The molecule has 0 bridgehead atoms. The van der Waals surface area contributed by atoms with Crippen molar-refractivity contribution in [2.75, 3.05) is 26.8 Å². The smallest absolute Gasteiger partial charge is 0.247 e. The summed E-state index contributed by atoms with van der Waals surface area (Å²) in [5, 5.41) is 32.8. The first kappa shape index (κ1) is 28.7. The Kier molecular flexibility index (Phi) is 10.8. The van der Waals surface area contributed by atoms with Gasteiger partial charge in [0.25, 0.3) is 0 Å². The Balaban J connectivity index is 1.94. The van der Waals surface area contributed by atoms with Gasteiger partial charge in [0, 0.05) is 32.0 Å². The molecule has 36 heavy (non-hydrogen) atoms. The van der Waals surface area contributed by atoms with Gasteiger partial charge in [-0.15, -0.1) is 0 Å². The van der Waals surface area contributed by atoms with Gasteiger partial charge in [-0.3, -0.25) is 9.59 Å². The van der Waals surface area contributed by atoms with Crippen molar-refractivity contribution in [1.29, 1.82) is 0 Å². The van der Waals surface area contributed by atoms with E-state index in [-0.39, 0.29) is 38.0 Å². The van der Waals surface area contributed by atoms with Gasteiger partial charge in [-0.2, -0.15) is 0 Å². The Bertz CT molecular complexity index is 948. The third-order valence-corrected chi connectivity index (χ3v) is 7.73. The van der Waals surface area contributed by atoms with Gasteiger partial charge in [0.1, 0.15) is 12.2 Å². The number of hydrogen-bond acceptors (Lipinski definition) is 7. The van der Waals surface area contributed by atoms with Crippen LogP contribution in [0.3, 0.4) is 0 Å². The maximum atomic E-state index is 12.9. The predicted octanol–water partition coefficient (Wildman–Crippen LogP) is 2.14. The predicted molar refractivity (Wildman–Crippen MR) is 143 cm³/mol. The summed E-state index contributed by atoms with van der Waals surface area (Å²) in [6, 6.07) is 2.78. The van der Waals surface area contributed by atoms with Crippen molar-refractivity contribution in [3.63, 3.8) is 0 Å². The van der Waals surface area contributed by atoms with E-state index < -0.39 is 18.2 Å². The molecule has 10 heteroatoms. The number of amides is 2. The standard InChI is InChI=1S/C26H37IN2O7/c1-16(32)29(14-17-6-4-3-5-7-17)21-12-19(26(34)28-8-9-30)13-22(24(21)33)36-25-20(27)10-18(15-31)11-23(25)35-2/h10-11,13,17,21-22,24,30-31,33H,3-9,12,14-15H2,1-2H3,(H,28,34)/t21-,22+,24+/m1/s1. The van der Waals surface area contributed by atoms with Gasteiger partial charge >= 0.3 is 0 Å². The van der Waals surface area contributed by atoms with E-state index >= 15 is 0 Å². The second-order valence-electron chi connectivity index (χ2n) is 9.46. The molecule has 3 rings (SSSR count). The van der Waals surface area contributed by atoms with Crippen LogP contribution in [0.5, 0.6) is 11.5 Å². The molecule has 2 aliphatic carbocycles. The molecule has 2 amide bonds. The monoisotopic (exact) mass is 616 g/mol. The van der Waals surface area contributed by atoms with Crippen molar-refractivity contribution in [1.82, 2.24) is 10.2 Å². The highest BCUT2D eigenvalue weighted by Gasteiger charge is 2.41. The van der Waals surface area contributed by atoms with Gasteiger partial charge in [0.2, 0.25) is 11.8 Å². The van der Waals surface area contributed by atoms with Crippen LogP contribution in [0.1, 0.15) is 51.0 Å². The van der Waals surface area contributed by atoms with Crippen LogP contribution < -0.4 is 14.8 Å². The zero-order valence-corrected chi connectivity index (χ0v) is 23.1. The molecule has 3 atom stereocenters. The molecule has 1 aromatic rings. The molecule has 0 aliphatic heterocycles. The number of aliphatic hydroxyl groups is 3. The second-order valence-corrected chi connectivity index (χ2v) is 10.6. The quantitative estimate of drug-likeness (QED) is 0.297. The summed E-state index contributed by atoms with van der Waals surface area (Å²) in [5.41, 5.74) is 1.04. The SMILES string of the molecule is COc1cc(CO)cc(I)c1O[C@H]1C=C(C(=O)NCCO)C[C@@H](N(CC2CCCCC2)C(C)=O)[C@@H]1O. The Morgan fingerprint density at radius 1 is 1.19 bits per heavy atom. The number of hydrogen-bond donors (Lipinski definition) is 4. The highest BCUT2D eigenvalue weighted by Crippen LogP contribution is 2.37. The highest BCUT2D eigenvalue weighted by atomic mass is 127. The molecule has 0 spiro atoms. The lowest BCUT2D eigenvalue weighted by molar-refractivity contribution is -0.137. The third kappa shape index (κ3) is 7.11. The Hall–Kier alpha value is -1.89. The summed E-state index contributed by atoms with van der Waals surface area (Å²) in [5.74, 6) is 0.616. The Morgan fingerprint density at radius 3 is 2.53 bits per heavy atom. The van der Waals surface area contributed by atoms with E-state index in [2.05, 4.69) is 27.9 Å². The largest absolute Gasteiger partial charge is 0.493 e. The van der Waals surface area contributed by atoms with Crippen molar-refractivity contribution in [2.24, 2.45) is 5.92 Å². The van der Waals surface area contributed by atoms with Crippen LogP contribution in [0.2, 0.25) is 0 Å². The Morgan fingerprint density at radius 2 is 1.92 bits per heavy atom. The lowest BCUT2D eigenvalue weighted by atomic mass is 9.85. The number of methoxy groups -OCH3 is 1. The molecule has 1 aromatic carbocycles. The summed E-state index contributed by atoms with van der Waals surface area (Å²) in [7, 11) is 1.49. The maximum absolute atomic E-state index is 12.9. The second kappa shape index (κ2) is 13.6. The number of ether oxygens (including phenoxy) is 2. The van der Waals surface area contributed by atoms with Crippen LogP contribution in [-0.2, 0) is 16.2 Å². The van der Waals surface area contributed by atoms with E-state index in [9.17, 15) is 19.8 Å². The van der Waals surface area contributed by atoms with Gasteiger partial charge in [0.15, 0.2) is 11.5 Å². The normalized spacial score (nSPS) is 22.5. The molecule has 1 fully saturated rings. The van der Waals surface area contributed by atoms with E-state index in [1.807, 2.05) is 0 Å². The summed E-state index contributed by atoms with van der Waals surface area (Å²) in [6.07, 6.45) is 5.31. The molecule has 200 valence electrons. The zero-order chi connectivity index (χ0) is 26.2. The molecule has 9 nitrogen and oxygen atoms in total. The minimum Gasteiger partial charge on any atom is -0.493 e. The lowest BCUT2D eigenvalue weighted by Crippen LogP contribution is -2.55. The van der Waals surface area contributed by atoms with Crippen molar-refractivity contribution in [3.8, 4) is 11.5 Å². The Labute approximate surface area is 226 Å². The van der Waals surface area contributed by atoms with Crippen molar-refractivity contribution in [2.45, 2.75) is 70.3 Å². The number of aliphatic hydroxyl groups excluding tert-OH is 3. The van der Waals surface area contributed by atoms with Gasteiger partial charge in [-0.1, -0.05) is 19.3 Å². The summed E-state index contributed by atoms with van der Waals surface area (Å²) < 4.78 is 12.4. The van der Waals surface area contributed by atoms with Crippen LogP contribution in [0.15, 0.2) is 23.8 Å². The molecule has 0 unspecified atom stereocenters. The molecule has 1 saturated carbocycles. The number of nitrogens with one attached hydrogen (secondary N) is 1. The topological polar surface area (TPSA) is 129 Å². The van der Waals surface area contributed by atoms with Gasteiger partial charge < -0.3 is 35.0 Å². The van der Waals surface area contributed by atoms with Gasteiger partial charge in [-0.05, 0) is 65.1 Å². The number of rotatable bonds is 10. The van der Waals surface area contributed by atoms with Crippen molar-refractivity contribution in [3.05, 3.63) is 32.9 Å². The maximum Gasteiger partial charge on any atom is 0.247 e. The number of halogens is 1. The minimum absolute atomic E-state index is 0.0990. The van der Waals surface area contributed by atoms with E-state index in [1.54, 1.807) is 23.1 Å². The summed E-state index contributed by atoms with van der Waals surface area (Å²) in [4.78, 5) is 27.4. The van der Waals surface area contributed by atoms with Crippen molar-refractivity contribution >= 4 is 34.4 Å². The molecule has 4 N–H and O–H groups in total. The number of nitrogens with zero attached hydrogens (tertiary/aromatic N) is 1. The summed E-state index contributed by atoms with van der Waals surface area (Å²) in [6.45, 7) is 1.77. The van der Waals surface area contributed by atoms with Crippen LogP contribution in [0, 0.1) is 9.49 Å². The van der Waals surface area contributed by atoms with Crippen LogP contribution in [0.4, 0.5) is 0 Å². The first-order valence-corrected chi connectivity index (χ1v) is 13.6. The molecular formula is C26H37IN2O7. The molecule has 0 aromatic heterocycles. The van der Waals surface area contributed by atoms with Gasteiger partial charge in [0.05, 0.1) is 29.9 Å². The minimum atomic E-state index is -1.08. The molecule has 0 heterocycles. The van der Waals surface area contributed by atoms with Crippen LogP contribution in [-0.4, -0.2) is 77.1 Å².